The summed E-state index contributed by atoms with van der Waals surface area (Å²) < 4.78 is 10.1. The van der Waals surface area contributed by atoms with Crippen molar-refractivity contribution < 1.29 is 13.9 Å². The van der Waals surface area contributed by atoms with Gasteiger partial charge in [-0.25, -0.2) is 4.79 Å². The number of esters is 1. The third-order valence-electron chi connectivity index (χ3n) is 3.79. The summed E-state index contributed by atoms with van der Waals surface area (Å²) in [6.07, 6.45) is 0. The minimum absolute atomic E-state index is 0.307. The first-order valence-corrected chi connectivity index (χ1v) is 7.57. The van der Waals surface area contributed by atoms with Crippen molar-refractivity contribution in [2.45, 2.75) is 40.3 Å². The van der Waals surface area contributed by atoms with E-state index >= 15 is 0 Å². The first-order chi connectivity index (χ1) is 10.7. The first-order valence-electron chi connectivity index (χ1n) is 7.57. The van der Waals surface area contributed by atoms with E-state index in [9.17, 15) is 9.59 Å². The van der Waals surface area contributed by atoms with Crippen LogP contribution in [0.3, 0.4) is 0 Å². The molecular formula is C18H23NO4. The lowest BCUT2D eigenvalue weighted by Gasteiger charge is -2.29. The minimum Gasteiger partial charge on any atom is -0.468 e. The van der Waals surface area contributed by atoms with E-state index in [0.717, 1.165) is 16.5 Å². The Morgan fingerprint density at radius 2 is 2.00 bits per heavy atom. The Bertz CT molecular complexity index is 771. The monoisotopic (exact) mass is 317 g/mol. The molecule has 2 aromatic rings. The molecule has 0 saturated carbocycles. The number of hydrogen-bond donors (Lipinski definition) is 1. The van der Waals surface area contributed by atoms with Crippen LogP contribution in [-0.2, 0) is 16.1 Å². The van der Waals surface area contributed by atoms with E-state index in [0.29, 0.717) is 12.1 Å². The highest BCUT2D eigenvalue weighted by atomic mass is 16.5. The van der Waals surface area contributed by atoms with E-state index < -0.39 is 11.7 Å². The van der Waals surface area contributed by atoms with Crippen molar-refractivity contribution in [3.05, 3.63) is 45.8 Å². The molecule has 2 rings (SSSR count). The highest BCUT2D eigenvalue weighted by Gasteiger charge is 2.31. The molecule has 0 radical (unpaired) electrons. The summed E-state index contributed by atoms with van der Waals surface area (Å²) in [7, 11) is 1.37. The average molecular weight is 317 g/mol. The Hall–Kier alpha value is -2.14. The quantitative estimate of drug-likeness (QED) is 0.693. The minimum atomic E-state index is -0.472. The molecule has 0 unspecified atom stereocenters. The number of benzene rings is 1. The Kier molecular flexibility index (Phi) is 4.90. The summed E-state index contributed by atoms with van der Waals surface area (Å²) in [6.45, 7) is 8.20. The molecule has 0 fully saturated rings. The number of ether oxygens (including phenoxy) is 1. The van der Waals surface area contributed by atoms with E-state index in [1.807, 2.05) is 45.9 Å². The van der Waals surface area contributed by atoms with Crippen molar-refractivity contribution in [3.8, 4) is 0 Å². The number of methoxy groups -OCH3 is 1. The molecule has 1 N–H and O–H groups in total. The van der Waals surface area contributed by atoms with Gasteiger partial charge in [-0.05, 0) is 29.5 Å². The van der Waals surface area contributed by atoms with Crippen LogP contribution in [0, 0.1) is 12.3 Å². The van der Waals surface area contributed by atoms with E-state index in [1.165, 1.54) is 13.2 Å². The van der Waals surface area contributed by atoms with Gasteiger partial charge < -0.3 is 9.15 Å². The second kappa shape index (κ2) is 6.54. The van der Waals surface area contributed by atoms with Crippen LogP contribution in [0.2, 0.25) is 0 Å². The van der Waals surface area contributed by atoms with Gasteiger partial charge in [0.25, 0.3) is 0 Å². The molecule has 1 heterocycles. The van der Waals surface area contributed by atoms with Crippen LogP contribution in [0.1, 0.15) is 31.9 Å². The molecule has 5 heteroatoms. The van der Waals surface area contributed by atoms with E-state index in [2.05, 4.69) is 5.32 Å². The van der Waals surface area contributed by atoms with Crippen LogP contribution in [0.15, 0.2) is 33.5 Å². The first kappa shape index (κ1) is 17.2. The normalized spacial score (nSPS) is 13.1. The molecule has 5 nitrogen and oxygen atoms in total. The number of nitrogens with one attached hydrogen (secondary N) is 1. The summed E-state index contributed by atoms with van der Waals surface area (Å²) >= 11 is 0. The van der Waals surface area contributed by atoms with Gasteiger partial charge in [0.15, 0.2) is 0 Å². The SMILES string of the molecule is COC(=O)[C@H](NCc1cc(=O)oc2cc(C)ccc12)C(C)(C)C. The van der Waals surface area contributed by atoms with Crippen molar-refractivity contribution in [2.75, 3.05) is 7.11 Å². The van der Waals surface area contributed by atoms with Crippen molar-refractivity contribution in [2.24, 2.45) is 5.41 Å². The smallest absolute Gasteiger partial charge is 0.336 e. The van der Waals surface area contributed by atoms with Crippen molar-refractivity contribution in [3.63, 3.8) is 0 Å². The standard InChI is InChI=1S/C18H23NO4/c1-11-6-7-13-12(9-15(20)23-14(13)8-11)10-19-16(17(21)22-5)18(2,3)4/h6-9,16,19H,10H2,1-5H3/t16-/m0/s1. The maximum Gasteiger partial charge on any atom is 0.336 e. The predicted octanol–water partition coefficient (Wildman–Crippen LogP) is 2.78. The highest BCUT2D eigenvalue weighted by molar-refractivity contribution is 5.81. The zero-order valence-electron chi connectivity index (χ0n) is 14.2. The molecule has 0 bridgehead atoms. The van der Waals surface area contributed by atoms with Gasteiger partial charge in [-0.15, -0.1) is 0 Å². The molecule has 1 aromatic carbocycles. The summed E-state index contributed by atoms with van der Waals surface area (Å²) in [5.41, 5.74) is 1.67. The van der Waals surface area contributed by atoms with Gasteiger partial charge >= 0.3 is 11.6 Å². The van der Waals surface area contributed by atoms with Gasteiger partial charge in [0.1, 0.15) is 11.6 Å². The van der Waals surface area contributed by atoms with Crippen LogP contribution in [0.4, 0.5) is 0 Å². The molecule has 0 aliphatic carbocycles. The van der Waals surface area contributed by atoms with Crippen molar-refractivity contribution in [1.29, 1.82) is 0 Å². The zero-order chi connectivity index (χ0) is 17.2. The Morgan fingerprint density at radius 1 is 1.30 bits per heavy atom. The van der Waals surface area contributed by atoms with Gasteiger partial charge in [-0.2, -0.15) is 0 Å². The highest BCUT2D eigenvalue weighted by Crippen LogP contribution is 2.22. The molecule has 0 amide bonds. The zero-order valence-corrected chi connectivity index (χ0v) is 14.2. The lowest BCUT2D eigenvalue weighted by atomic mass is 9.86. The van der Waals surface area contributed by atoms with Crippen LogP contribution >= 0.6 is 0 Å². The van der Waals surface area contributed by atoms with Gasteiger partial charge in [-0.3, -0.25) is 10.1 Å². The van der Waals surface area contributed by atoms with Gasteiger partial charge in [-0.1, -0.05) is 32.9 Å². The lowest BCUT2D eigenvalue weighted by molar-refractivity contribution is -0.146. The number of fused-ring (bicyclic) bond motifs is 1. The van der Waals surface area contributed by atoms with Gasteiger partial charge in [0.2, 0.25) is 0 Å². The number of hydrogen-bond acceptors (Lipinski definition) is 5. The van der Waals surface area contributed by atoms with E-state index in [4.69, 9.17) is 9.15 Å². The fourth-order valence-corrected chi connectivity index (χ4v) is 2.56. The number of carbonyl (C=O) groups excluding carboxylic acids is 1. The second-order valence-corrected chi connectivity index (χ2v) is 6.79. The summed E-state index contributed by atoms with van der Waals surface area (Å²) in [4.78, 5) is 23.8. The number of rotatable bonds is 4. The molecular weight excluding hydrogens is 294 g/mol. The fourth-order valence-electron chi connectivity index (χ4n) is 2.56. The van der Waals surface area contributed by atoms with Crippen LogP contribution in [-0.4, -0.2) is 19.1 Å². The van der Waals surface area contributed by atoms with Crippen molar-refractivity contribution >= 4 is 16.9 Å². The molecule has 124 valence electrons. The molecule has 0 saturated heterocycles. The van der Waals surface area contributed by atoms with Crippen LogP contribution in [0.25, 0.3) is 11.0 Å². The Labute approximate surface area is 135 Å². The molecule has 0 aliphatic rings. The lowest BCUT2D eigenvalue weighted by Crippen LogP contribution is -2.46. The molecule has 0 aliphatic heterocycles. The Morgan fingerprint density at radius 3 is 2.61 bits per heavy atom. The third-order valence-corrected chi connectivity index (χ3v) is 3.79. The summed E-state index contributed by atoms with van der Waals surface area (Å²) in [5, 5.41) is 4.07. The van der Waals surface area contributed by atoms with Crippen LogP contribution < -0.4 is 10.9 Å². The molecule has 23 heavy (non-hydrogen) atoms. The topological polar surface area (TPSA) is 68.5 Å². The largest absolute Gasteiger partial charge is 0.468 e. The second-order valence-electron chi connectivity index (χ2n) is 6.79. The van der Waals surface area contributed by atoms with Gasteiger partial charge in [0.05, 0.1) is 7.11 Å². The maximum absolute atomic E-state index is 12.0. The number of carbonyl (C=O) groups is 1. The predicted molar refractivity (Wildman–Crippen MR) is 89.3 cm³/mol. The number of aryl methyl sites for hydroxylation is 1. The molecule has 0 spiro atoms. The van der Waals surface area contributed by atoms with Crippen LogP contribution in [0.5, 0.6) is 0 Å². The molecule has 1 atom stereocenters. The summed E-state index contributed by atoms with van der Waals surface area (Å²) in [6, 6.07) is 6.71. The Balaban J connectivity index is 2.34. The fraction of sp³-hybridized carbons (Fsp3) is 0.444. The van der Waals surface area contributed by atoms with Crippen molar-refractivity contribution in [1.82, 2.24) is 5.32 Å². The third kappa shape index (κ3) is 3.99. The summed E-state index contributed by atoms with van der Waals surface area (Å²) in [5.74, 6) is -0.319. The van der Waals surface area contributed by atoms with Gasteiger partial charge in [0, 0.05) is 18.0 Å². The molecule has 1 aromatic heterocycles. The maximum atomic E-state index is 12.0. The average Bonchev–Trinajstić information content (AvgIpc) is 2.44. The van der Waals surface area contributed by atoms with E-state index in [-0.39, 0.29) is 11.4 Å². The van der Waals surface area contributed by atoms with E-state index in [1.54, 1.807) is 0 Å².